The molecule has 0 radical (unpaired) electrons. The molecule has 0 spiro atoms. The lowest BCUT2D eigenvalue weighted by molar-refractivity contribution is -0.114. The van der Waals surface area contributed by atoms with E-state index in [0.29, 0.717) is 16.7 Å². The summed E-state index contributed by atoms with van der Waals surface area (Å²) >= 11 is 0. The van der Waals surface area contributed by atoms with Crippen LogP contribution in [0.15, 0.2) is 27.4 Å². The summed E-state index contributed by atoms with van der Waals surface area (Å²) in [5, 5.41) is 4.68. The Balaban J connectivity index is 2.21. The number of carbonyl (C=O) groups excluding carboxylic acids is 1. The molecule has 3 aromatic rings. The summed E-state index contributed by atoms with van der Waals surface area (Å²) < 4.78 is 10.9. The van der Waals surface area contributed by atoms with Crippen molar-refractivity contribution in [1.82, 2.24) is 4.98 Å². The molecule has 26 heavy (non-hydrogen) atoms. The highest BCUT2D eigenvalue weighted by molar-refractivity contribution is 6.12. The fourth-order valence-electron chi connectivity index (χ4n) is 3.79. The van der Waals surface area contributed by atoms with Crippen molar-refractivity contribution in [3.05, 3.63) is 39.9 Å². The minimum absolute atomic E-state index is 0.266. The molecule has 1 amide bonds. The molecule has 6 nitrogen and oxygen atoms in total. The summed E-state index contributed by atoms with van der Waals surface area (Å²) in [6.45, 7) is 1.41. The monoisotopic (exact) mass is 352 g/mol. The number of hydrogen-bond donors (Lipinski definition) is 1. The second-order valence-corrected chi connectivity index (χ2v) is 6.60. The molecule has 1 aliphatic carbocycles. The van der Waals surface area contributed by atoms with Gasteiger partial charge in [-0.05, 0) is 37.3 Å². The molecule has 134 valence electrons. The molecule has 0 saturated carbocycles. The van der Waals surface area contributed by atoms with Crippen LogP contribution in [0.25, 0.3) is 21.7 Å². The fraction of sp³-hybridized carbons (Fsp3) is 0.350. The number of benzene rings is 1. The van der Waals surface area contributed by atoms with Crippen molar-refractivity contribution in [3.63, 3.8) is 0 Å². The van der Waals surface area contributed by atoms with Gasteiger partial charge in [-0.15, -0.1) is 0 Å². The van der Waals surface area contributed by atoms with Crippen LogP contribution in [0.2, 0.25) is 0 Å². The lowest BCUT2D eigenvalue weighted by atomic mass is 9.97. The number of pyridine rings is 1. The third kappa shape index (κ3) is 2.62. The van der Waals surface area contributed by atoms with E-state index in [1.54, 1.807) is 13.2 Å². The van der Waals surface area contributed by atoms with E-state index in [-0.39, 0.29) is 11.7 Å². The standard InChI is InChI=1S/C20H20N2O4/c1-11(23)21-19-17-16(12-7-4-3-5-9-14(12)22-19)13-8-6-10-15(25-2)18(13)26-20(17)24/h6,8,10H,3-5,7,9H2,1-2H3,(H,21,22,23). The molecular formula is C20H20N2O4. The lowest BCUT2D eigenvalue weighted by Gasteiger charge is -2.15. The van der Waals surface area contributed by atoms with E-state index in [1.165, 1.54) is 6.92 Å². The molecule has 1 aliphatic rings. The van der Waals surface area contributed by atoms with Crippen molar-refractivity contribution < 1.29 is 13.9 Å². The van der Waals surface area contributed by atoms with Gasteiger partial charge in [0.2, 0.25) is 5.91 Å². The topological polar surface area (TPSA) is 81.4 Å². The summed E-state index contributed by atoms with van der Waals surface area (Å²) in [5.41, 5.74) is 1.95. The van der Waals surface area contributed by atoms with Crippen LogP contribution in [0.3, 0.4) is 0 Å². The van der Waals surface area contributed by atoms with E-state index < -0.39 is 5.63 Å². The van der Waals surface area contributed by atoms with Crippen molar-refractivity contribution >= 4 is 33.5 Å². The van der Waals surface area contributed by atoms with E-state index in [1.807, 2.05) is 12.1 Å². The van der Waals surface area contributed by atoms with Crippen LogP contribution in [0.4, 0.5) is 5.82 Å². The average molecular weight is 352 g/mol. The second-order valence-electron chi connectivity index (χ2n) is 6.60. The van der Waals surface area contributed by atoms with E-state index in [9.17, 15) is 9.59 Å². The second kappa shape index (κ2) is 6.44. The summed E-state index contributed by atoms with van der Waals surface area (Å²) in [5.74, 6) is 0.533. The van der Waals surface area contributed by atoms with Crippen LogP contribution in [0, 0.1) is 0 Å². The van der Waals surface area contributed by atoms with Crippen molar-refractivity contribution in [2.75, 3.05) is 12.4 Å². The van der Waals surface area contributed by atoms with Gasteiger partial charge >= 0.3 is 5.63 Å². The van der Waals surface area contributed by atoms with E-state index in [4.69, 9.17) is 9.15 Å². The Kier molecular flexibility index (Phi) is 4.11. The Labute approximate surface area is 150 Å². The van der Waals surface area contributed by atoms with Gasteiger partial charge in [-0.2, -0.15) is 0 Å². The zero-order valence-corrected chi connectivity index (χ0v) is 14.8. The number of amides is 1. The Morgan fingerprint density at radius 2 is 2.00 bits per heavy atom. The molecule has 2 aromatic heterocycles. The Morgan fingerprint density at radius 1 is 1.19 bits per heavy atom. The largest absolute Gasteiger partial charge is 0.493 e. The predicted molar refractivity (Wildman–Crippen MR) is 99.9 cm³/mol. The summed E-state index contributed by atoms with van der Waals surface area (Å²) in [6.07, 6.45) is 4.91. The van der Waals surface area contributed by atoms with Crippen molar-refractivity contribution in [2.45, 2.75) is 39.0 Å². The van der Waals surface area contributed by atoms with Gasteiger partial charge in [-0.25, -0.2) is 9.78 Å². The average Bonchev–Trinajstić information content (AvgIpc) is 2.85. The van der Waals surface area contributed by atoms with Crippen molar-refractivity contribution in [3.8, 4) is 5.75 Å². The third-order valence-corrected chi connectivity index (χ3v) is 4.89. The molecule has 0 atom stereocenters. The van der Waals surface area contributed by atoms with Crippen LogP contribution in [-0.4, -0.2) is 18.0 Å². The highest BCUT2D eigenvalue weighted by Crippen LogP contribution is 2.36. The van der Waals surface area contributed by atoms with Gasteiger partial charge in [0, 0.05) is 23.4 Å². The molecule has 0 bridgehead atoms. The molecule has 6 heteroatoms. The number of fused-ring (bicyclic) bond motifs is 5. The number of aryl methyl sites for hydroxylation is 2. The fourth-order valence-corrected chi connectivity index (χ4v) is 3.79. The van der Waals surface area contributed by atoms with Gasteiger partial charge in [0.15, 0.2) is 11.3 Å². The molecule has 0 aliphatic heterocycles. The van der Waals surface area contributed by atoms with Gasteiger partial charge < -0.3 is 14.5 Å². The van der Waals surface area contributed by atoms with Gasteiger partial charge in [-0.3, -0.25) is 4.79 Å². The van der Waals surface area contributed by atoms with Crippen LogP contribution >= 0.6 is 0 Å². The number of para-hydroxylation sites is 1. The molecule has 2 heterocycles. The summed E-state index contributed by atoms with van der Waals surface area (Å²) in [4.78, 5) is 29.1. The Bertz CT molecular complexity index is 1080. The minimum Gasteiger partial charge on any atom is -0.493 e. The quantitative estimate of drug-likeness (QED) is 0.433. The number of hydrogen-bond acceptors (Lipinski definition) is 5. The molecule has 0 fully saturated rings. The molecule has 1 aromatic carbocycles. The molecule has 1 N–H and O–H groups in total. The first kappa shape index (κ1) is 16.6. The number of nitrogens with zero attached hydrogens (tertiary/aromatic N) is 1. The first-order valence-corrected chi connectivity index (χ1v) is 8.83. The lowest BCUT2D eigenvalue weighted by Crippen LogP contribution is -2.15. The normalized spacial score (nSPS) is 14.1. The maximum atomic E-state index is 12.8. The van der Waals surface area contributed by atoms with Crippen LogP contribution in [0.5, 0.6) is 5.75 Å². The number of aromatic nitrogens is 1. The first-order valence-electron chi connectivity index (χ1n) is 8.83. The number of anilines is 1. The third-order valence-electron chi connectivity index (χ3n) is 4.89. The van der Waals surface area contributed by atoms with Crippen molar-refractivity contribution in [2.24, 2.45) is 0 Å². The zero-order chi connectivity index (χ0) is 18.3. The Hall–Kier alpha value is -2.89. The molecule has 0 unspecified atom stereocenters. The van der Waals surface area contributed by atoms with Crippen molar-refractivity contribution in [1.29, 1.82) is 0 Å². The maximum Gasteiger partial charge on any atom is 0.348 e. The van der Waals surface area contributed by atoms with Crippen LogP contribution in [0.1, 0.15) is 37.4 Å². The van der Waals surface area contributed by atoms with Crippen LogP contribution in [-0.2, 0) is 17.6 Å². The molecule has 0 saturated heterocycles. The van der Waals surface area contributed by atoms with E-state index in [2.05, 4.69) is 10.3 Å². The van der Waals surface area contributed by atoms with Gasteiger partial charge in [0.1, 0.15) is 11.2 Å². The number of nitrogens with one attached hydrogen (secondary N) is 1. The van der Waals surface area contributed by atoms with Gasteiger partial charge in [0.25, 0.3) is 0 Å². The highest BCUT2D eigenvalue weighted by Gasteiger charge is 2.23. The van der Waals surface area contributed by atoms with Gasteiger partial charge in [-0.1, -0.05) is 18.6 Å². The number of ether oxygens (including phenoxy) is 1. The van der Waals surface area contributed by atoms with Gasteiger partial charge in [0.05, 0.1) is 7.11 Å². The SMILES string of the molecule is COc1cccc2c1oc(=O)c1c(NC(C)=O)nc3c(c12)CCCCC3. The molecule has 4 rings (SSSR count). The van der Waals surface area contributed by atoms with E-state index in [0.717, 1.165) is 54.1 Å². The highest BCUT2D eigenvalue weighted by atomic mass is 16.5. The zero-order valence-electron chi connectivity index (χ0n) is 14.8. The smallest absolute Gasteiger partial charge is 0.348 e. The Morgan fingerprint density at radius 3 is 2.77 bits per heavy atom. The summed E-state index contributed by atoms with van der Waals surface area (Å²) in [7, 11) is 1.55. The van der Waals surface area contributed by atoms with E-state index >= 15 is 0 Å². The summed E-state index contributed by atoms with van der Waals surface area (Å²) in [6, 6.07) is 5.57. The predicted octanol–water partition coefficient (Wildman–Crippen LogP) is 3.58. The maximum absolute atomic E-state index is 12.8. The van der Waals surface area contributed by atoms with Crippen LogP contribution < -0.4 is 15.7 Å². The minimum atomic E-state index is -0.514. The first-order chi connectivity index (χ1) is 12.6. The number of methoxy groups -OCH3 is 1. The molecular weight excluding hydrogens is 332 g/mol. The number of rotatable bonds is 2. The number of carbonyl (C=O) groups is 1.